The van der Waals surface area contributed by atoms with Crippen LogP contribution in [-0.2, 0) is 15.0 Å². The molecule has 1 saturated heterocycles. The number of nitrogens with two attached hydrogens (primary N) is 1. The Labute approximate surface area is 120 Å². The molecule has 19 heavy (non-hydrogen) atoms. The highest BCUT2D eigenvalue weighted by Gasteiger charge is 2.31. The number of halogens is 1. The van der Waals surface area contributed by atoms with Crippen LogP contribution in [-0.4, -0.2) is 51.4 Å². The maximum Gasteiger partial charge on any atom is 0.279 e. The number of amides is 1. The molecule has 1 aliphatic heterocycles. The largest absolute Gasteiger partial charge is 0.355 e. The van der Waals surface area contributed by atoms with Crippen LogP contribution in [0, 0.1) is 5.92 Å². The van der Waals surface area contributed by atoms with Gasteiger partial charge in [0.15, 0.2) is 0 Å². The summed E-state index contributed by atoms with van der Waals surface area (Å²) in [4.78, 5) is 11.8. The standard InChI is InChI=1S/C10H22N4O3S.ClH/c1-2-13-18(16,17)14-7-3-4-9(8-14)10(15)12-6-5-11;/h9,13H,2-8,11H2,1H3,(H,12,15);1H. The molecule has 1 heterocycles. The maximum absolute atomic E-state index is 11.8. The summed E-state index contributed by atoms with van der Waals surface area (Å²) in [5, 5.41) is 2.70. The van der Waals surface area contributed by atoms with E-state index < -0.39 is 10.2 Å². The van der Waals surface area contributed by atoms with Gasteiger partial charge in [0.25, 0.3) is 10.2 Å². The van der Waals surface area contributed by atoms with Crippen molar-refractivity contribution in [3.05, 3.63) is 0 Å². The minimum atomic E-state index is -3.44. The van der Waals surface area contributed by atoms with Gasteiger partial charge in [0.05, 0.1) is 5.92 Å². The Morgan fingerprint density at radius 1 is 1.47 bits per heavy atom. The third kappa shape index (κ3) is 5.62. The molecule has 4 N–H and O–H groups in total. The lowest BCUT2D eigenvalue weighted by atomic mass is 9.99. The van der Waals surface area contributed by atoms with Crippen LogP contribution in [0.2, 0.25) is 0 Å². The average molecular weight is 315 g/mol. The van der Waals surface area contributed by atoms with Crippen LogP contribution in [0.15, 0.2) is 0 Å². The van der Waals surface area contributed by atoms with Crippen LogP contribution in [0.25, 0.3) is 0 Å². The van der Waals surface area contributed by atoms with E-state index >= 15 is 0 Å². The lowest BCUT2D eigenvalue weighted by Crippen LogP contribution is -2.49. The molecule has 1 aliphatic rings. The van der Waals surface area contributed by atoms with E-state index in [0.717, 1.165) is 0 Å². The zero-order chi connectivity index (χ0) is 13.6. The summed E-state index contributed by atoms with van der Waals surface area (Å²) >= 11 is 0. The van der Waals surface area contributed by atoms with Crippen molar-refractivity contribution >= 4 is 28.5 Å². The van der Waals surface area contributed by atoms with Crippen molar-refractivity contribution in [2.45, 2.75) is 19.8 Å². The molecule has 0 aromatic rings. The summed E-state index contributed by atoms with van der Waals surface area (Å²) in [6.45, 7) is 3.60. The van der Waals surface area contributed by atoms with Gasteiger partial charge in [0.1, 0.15) is 0 Å². The van der Waals surface area contributed by atoms with E-state index in [9.17, 15) is 13.2 Å². The SMILES string of the molecule is CCNS(=O)(=O)N1CCCC(C(=O)NCCN)C1.Cl. The second-order valence-corrected chi connectivity index (χ2v) is 6.04. The second-order valence-electron chi connectivity index (χ2n) is 4.28. The fraction of sp³-hybridized carbons (Fsp3) is 0.900. The van der Waals surface area contributed by atoms with Crippen LogP contribution in [0.3, 0.4) is 0 Å². The van der Waals surface area contributed by atoms with Crippen molar-refractivity contribution in [2.75, 3.05) is 32.7 Å². The molecular formula is C10H23ClN4O3S. The van der Waals surface area contributed by atoms with E-state index in [-0.39, 0.29) is 30.8 Å². The number of piperidine rings is 1. The fourth-order valence-electron chi connectivity index (χ4n) is 1.99. The Morgan fingerprint density at radius 3 is 2.74 bits per heavy atom. The van der Waals surface area contributed by atoms with Crippen molar-refractivity contribution in [1.82, 2.24) is 14.3 Å². The predicted molar refractivity (Wildman–Crippen MR) is 76.2 cm³/mol. The predicted octanol–water partition coefficient (Wildman–Crippen LogP) is -0.951. The minimum Gasteiger partial charge on any atom is -0.355 e. The van der Waals surface area contributed by atoms with Crippen molar-refractivity contribution in [1.29, 1.82) is 0 Å². The Balaban J connectivity index is 0.00000324. The van der Waals surface area contributed by atoms with Crippen LogP contribution in [0.5, 0.6) is 0 Å². The third-order valence-electron chi connectivity index (χ3n) is 2.87. The number of nitrogens with zero attached hydrogens (tertiary/aromatic N) is 1. The quantitative estimate of drug-likeness (QED) is 0.588. The van der Waals surface area contributed by atoms with Crippen LogP contribution in [0.1, 0.15) is 19.8 Å². The van der Waals surface area contributed by atoms with Gasteiger partial charge in [-0.25, -0.2) is 4.72 Å². The van der Waals surface area contributed by atoms with E-state index in [4.69, 9.17) is 5.73 Å². The van der Waals surface area contributed by atoms with Gasteiger partial charge < -0.3 is 11.1 Å². The van der Waals surface area contributed by atoms with Gasteiger partial charge in [-0.05, 0) is 12.8 Å². The van der Waals surface area contributed by atoms with E-state index in [1.54, 1.807) is 6.92 Å². The number of carbonyl (C=O) groups is 1. The zero-order valence-electron chi connectivity index (χ0n) is 11.1. The number of carbonyl (C=O) groups excluding carboxylic acids is 1. The molecule has 1 unspecified atom stereocenters. The minimum absolute atomic E-state index is 0. The monoisotopic (exact) mass is 314 g/mol. The highest BCUT2D eigenvalue weighted by atomic mass is 35.5. The van der Waals surface area contributed by atoms with Crippen molar-refractivity contribution in [3.8, 4) is 0 Å². The first-order chi connectivity index (χ1) is 8.51. The molecule has 1 rings (SSSR count). The molecule has 0 bridgehead atoms. The summed E-state index contributed by atoms with van der Waals surface area (Å²) in [5.41, 5.74) is 5.31. The second kappa shape index (κ2) is 8.70. The first kappa shape index (κ1) is 18.6. The highest BCUT2D eigenvalue weighted by Crippen LogP contribution is 2.18. The van der Waals surface area contributed by atoms with Gasteiger partial charge in [0, 0.05) is 32.7 Å². The number of hydrogen-bond acceptors (Lipinski definition) is 4. The Hall–Kier alpha value is -0.410. The molecule has 0 radical (unpaired) electrons. The van der Waals surface area contributed by atoms with Crippen molar-refractivity contribution in [2.24, 2.45) is 11.7 Å². The third-order valence-corrected chi connectivity index (χ3v) is 4.53. The Bertz CT molecular complexity index is 377. The van der Waals surface area contributed by atoms with Gasteiger partial charge in [-0.3, -0.25) is 4.79 Å². The first-order valence-corrected chi connectivity index (χ1v) is 7.67. The van der Waals surface area contributed by atoms with Gasteiger partial charge in [-0.1, -0.05) is 6.92 Å². The summed E-state index contributed by atoms with van der Waals surface area (Å²) in [6.07, 6.45) is 1.42. The molecule has 1 fully saturated rings. The van der Waals surface area contributed by atoms with Crippen LogP contribution in [0.4, 0.5) is 0 Å². The number of hydrogen-bond donors (Lipinski definition) is 3. The zero-order valence-corrected chi connectivity index (χ0v) is 12.7. The molecule has 1 atom stereocenters. The Morgan fingerprint density at radius 2 is 2.16 bits per heavy atom. The van der Waals surface area contributed by atoms with Crippen LogP contribution >= 0.6 is 12.4 Å². The summed E-state index contributed by atoms with van der Waals surface area (Å²) in [5.74, 6) is -0.393. The van der Waals surface area contributed by atoms with Gasteiger partial charge in [0.2, 0.25) is 5.91 Å². The summed E-state index contributed by atoms with van der Waals surface area (Å²) in [6, 6.07) is 0. The highest BCUT2D eigenvalue weighted by molar-refractivity contribution is 7.87. The molecule has 0 aliphatic carbocycles. The molecule has 0 saturated carbocycles. The molecular weight excluding hydrogens is 292 g/mol. The smallest absolute Gasteiger partial charge is 0.279 e. The van der Waals surface area contributed by atoms with Crippen LogP contribution < -0.4 is 15.8 Å². The number of rotatable bonds is 6. The fourth-order valence-corrected chi connectivity index (χ4v) is 3.28. The average Bonchev–Trinajstić information content (AvgIpc) is 2.36. The molecule has 0 spiro atoms. The van der Waals surface area contributed by atoms with Gasteiger partial charge >= 0.3 is 0 Å². The van der Waals surface area contributed by atoms with E-state index in [0.29, 0.717) is 39.0 Å². The van der Waals surface area contributed by atoms with Gasteiger partial charge in [-0.15, -0.1) is 12.4 Å². The van der Waals surface area contributed by atoms with Gasteiger partial charge in [-0.2, -0.15) is 12.7 Å². The maximum atomic E-state index is 11.8. The Kier molecular flexibility index (Phi) is 8.51. The topological polar surface area (TPSA) is 105 Å². The molecule has 9 heteroatoms. The molecule has 7 nitrogen and oxygen atoms in total. The van der Waals surface area contributed by atoms with E-state index in [1.807, 2.05) is 0 Å². The summed E-state index contributed by atoms with van der Waals surface area (Å²) < 4.78 is 27.4. The van der Waals surface area contributed by atoms with E-state index in [2.05, 4.69) is 10.0 Å². The lowest BCUT2D eigenvalue weighted by Gasteiger charge is -2.31. The lowest BCUT2D eigenvalue weighted by molar-refractivity contribution is -0.126. The summed E-state index contributed by atoms with van der Waals surface area (Å²) in [7, 11) is -3.44. The van der Waals surface area contributed by atoms with Crippen molar-refractivity contribution < 1.29 is 13.2 Å². The molecule has 114 valence electrons. The van der Waals surface area contributed by atoms with Crippen molar-refractivity contribution in [3.63, 3.8) is 0 Å². The van der Waals surface area contributed by atoms with E-state index in [1.165, 1.54) is 4.31 Å². The molecule has 1 amide bonds. The first-order valence-electron chi connectivity index (χ1n) is 6.23. The molecule has 0 aromatic carbocycles. The number of nitrogens with one attached hydrogen (secondary N) is 2. The molecule has 0 aromatic heterocycles. The normalized spacial score (nSPS) is 20.6.